The van der Waals surface area contributed by atoms with Crippen molar-refractivity contribution in [2.45, 2.75) is 17.4 Å². The van der Waals surface area contributed by atoms with Gasteiger partial charge in [-0.1, -0.05) is 12.1 Å². The van der Waals surface area contributed by atoms with E-state index >= 15 is 0 Å². The maximum atomic E-state index is 12.2. The molecule has 1 aromatic carbocycles. The zero-order valence-corrected chi connectivity index (χ0v) is 10.0. The summed E-state index contributed by atoms with van der Waals surface area (Å²) in [4.78, 5) is 23.5. The number of ether oxygens (including phenoxy) is 1. The van der Waals surface area contributed by atoms with Crippen LogP contribution < -0.4 is 0 Å². The molecule has 2 heterocycles. The third-order valence-corrected chi connectivity index (χ3v) is 4.90. The minimum absolute atomic E-state index is 0.0466. The van der Waals surface area contributed by atoms with Gasteiger partial charge in [-0.2, -0.15) is 0 Å². The highest BCUT2D eigenvalue weighted by molar-refractivity contribution is 7.90. The Morgan fingerprint density at radius 2 is 1.94 bits per heavy atom. The van der Waals surface area contributed by atoms with Gasteiger partial charge in [-0.3, -0.25) is 4.79 Å². The molecule has 6 nitrogen and oxygen atoms in total. The van der Waals surface area contributed by atoms with Crippen LogP contribution in [0.5, 0.6) is 0 Å². The summed E-state index contributed by atoms with van der Waals surface area (Å²) in [6.07, 6.45) is 0.206. The molecule has 3 rings (SSSR count). The quantitative estimate of drug-likeness (QED) is 0.676. The zero-order chi connectivity index (χ0) is 12.9. The minimum Gasteiger partial charge on any atom is -0.464 e. The van der Waals surface area contributed by atoms with Crippen molar-refractivity contribution in [2.24, 2.45) is 0 Å². The van der Waals surface area contributed by atoms with Gasteiger partial charge >= 0.3 is 5.97 Å². The van der Waals surface area contributed by atoms with E-state index in [1.54, 1.807) is 12.1 Å². The first kappa shape index (κ1) is 11.2. The predicted octanol–water partition coefficient (Wildman–Crippen LogP) is 0.147. The maximum Gasteiger partial charge on any atom is 0.330 e. The van der Waals surface area contributed by atoms with Crippen LogP contribution in [0.2, 0.25) is 0 Å². The Balaban J connectivity index is 2.15. The van der Waals surface area contributed by atoms with Gasteiger partial charge in [-0.15, -0.1) is 0 Å². The highest BCUT2D eigenvalue weighted by Gasteiger charge is 2.49. The largest absolute Gasteiger partial charge is 0.464 e. The number of carbonyl (C=O) groups is 2. The number of amides is 1. The van der Waals surface area contributed by atoms with Crippen LogP contribution in [0.4, 0.5) is 0 Å². The molecule has 0 unspecified atom stereocenters. The number of hydrogen-bond acceptors (Lipinski definition) is 5. The van der Waals surface area contributed by atoms with Gasteiger partial charge in [0.1, 0.15) is 10.9 Å². The first-order valence-electron chi connectivity index (χ1n) is 5.38. The maximum absolute atomic E-state index is 12.2. The van der Waals surface area contributed by atoms with Crippen LogP contribution in [0.1, 0.15) is 16.8 Å². The first-order valence-corrected chi connectivity index (χ1v) is 6.82. The van der Waals surface area contributed by atoms with E-state index in [-0.39, 0.29) is 23.5 Å². The Morgan fingerprint density at radius 1 is 1.22 bits per heavy atom. The summed E-state index contributed by atoms with van der Waals surface area (Å²) in [5, 5.41) is 0. The summed E-state index contributed by atoms with van der Waals surface area (Å²) in [6, 6.07) is 4.90. The molecule has 1 saturated heterocycles. The third-order valence-electron chi connectivity index (χ3n) is 3.05. The summed E-state index contributed by atoms with van der Waals surface area (Å²) in [7, 11) is -3.93. The molecular weight excluding hydrogens is 258 g/mol. The van der Waals surface area contributed by atoms with Gasteiger partial charge < -0.3 is 4.74 Å². The fraction of sp³-hybridized carbons (Fsp3) is 0.273. The van der Waals surface area contributed by atoms with E-state index in [1.165, 1.54) is 12.1 Å². The lowest BCUT2D eigenvalue weighted by atomic mass is 10.2. The molecule has 94 valence electrons. The fourth-order valence-electron chi connectivity index (χ4n) is 2.21. The molecule has 2 aliphatic heterocycles. The number of carbonyl (C=O) groups excluding carboxylic acids is 2. The van der Waals surface area contributed by atoms with E-state index in [0.717, 1.165) is 0 Å². The average molecular weight is 267 g/mol. The molecular formula is C11H9NO5S. The molecule has 0 saturated carbocycles. The highest BCUT2D eigenvalue weighted by Crippen LogP contribution is 2.33. The molecule has 18 heavy (non-hydrogen) atoms. The molecule has 0 radical (unpaired) electrons. The van der Waals surface area contributed by atoms with Crippen LogP contribution in [0.3, 0.4) is 0 Å². The lowest BCUT2D eigenvalue weighted by Gasteiger charge is -2.18. The molecule has 0 aliphatic carbocycles. The lowest BCUT2D eigenvalue weighted by Crippen LogP contribution is -2.42. The van der Waals surface area contributed by atoms with Gasteiger partial charge in [0.05, 0.1) is 12.2 Å². The Hall–Kier alpha value is -1.89. The van der Waals surface area contributed by atoms with Crippen molar-refractivity contribution in [3.63, 3.8) is 0 Å². The van der Waals surface area contributed by atoms with Crippen LogP contribution in [0.15, 0.2) is 29.2 Å². The van der Waals surface area contributed by atoms with E-state index in [2.05, 4.69) is 0 Å². The van der Waals surface area contributed by atoms with Gasteiger partial charge in [0.25, 0.3) is 15.9 Å². The normalized spacial score (nSPS) is 25.1. The molecule has 0 bridgehead atoms. The molecule has 7 heteroatoms. The fourth-order valence-corrected chi connectivity index (χ4v) is 3.95. The van der Waals surface area contributed by atoms with Crippen LogP contribution in [-0.4, -0.2) is 37.2 Å². The molecule has 2 aliphatic rings. The highest BCUT2D eigenvalue weighted by atomic mass is 32.2. The van der Waals surface area contributed by atoms with Crippen LogP contribution in [0.25, 0.3) is 0 Å². The second-order valence-corrected chi connectivity index (χ2v) is 5.86. The number of esters is 1. The van der Waals surface area contributed by atoms with Crippen molar-refractivity contribution in [1.29, 1.82) is 0 Å². The minimum atomic E-state index is -3.93. The van der Waals surface area contributed by atoms with E-state index in [1.807, 2.05) is 0 Å². The van der Waals surface area contributed by atoms with E-state index < -0.39 is 27.9 Å². The van der Waals surface area contributed by atoms with E-state index in [9.17, 15) is 18.0 Å². The van der Waals surface area contributed by atoms with E-state index in [0.29, 0.717) is 4.31 Å². The Kier molecular flexibility index (Phi) is 2.21. The van der Waals surface area contributed by atoms with E-state index in [4.69, 9.17) is 4.74 Å². The number of sulfonamides is 1. The van der Waals surface area contributed by atoms with Crippen molar-refractivity contribution >= 4 is 21.9 Å². The molecule has 1 fully saturated rings. The standard InChI is InChI=1S/C11H9NO5S/c13-10-7-3-1-2-4-9(7)18(15,16)12(10)8-5-6-17-11(8)14/h1-4,8H,5-6H2/t8-/m0/s1. The zero-order valence-electron chi connectivity index (χ0n) is 9.20. The molecule has 0 N–H and O–H groups in total. The van der Waals surface area contributed by atoms with Gasteiger partial charge in [0.2, 0.25) is 0 Å². The summed E-state index contributed by atoms with van der Waals surface area (Å²) in [6.45, 7) is 0.138. The molecule has 1 atom stereocenters. The van der Waals surface area contributed by atoms with Gasteiger partial charge in [0.15, 0.2) is 0 Å². The predicted molar refractivity (Wildman–Crippen MR) is 59.2 cm³/mol. The summed E-state index contributed by atoms with van der Waals surface area (Å²) < 4.78 is 29.8. The van der Waals surface area contributed by atoms with Crippen molar-refractivity contribution in [3.8, 4) is 0 Å². The Morgan fingerprint density at radius 3 is 2.56 bits per heavy atom. The molecule has 1 amide bonds. The topological polar surface area (TPSA) is 80.8 Å². The van der Waals surface area contributed by atoms with Crippen molar-refractivity contribution in [3.05, 3.63) is 29.8 Å². The van der Waals surface area contributed by atoms with Crippen molar-refractivity contribution < 1.29 is 22.7 Å². The van der Waals surface area contributed by atoms with Gasteiger partial charge in [-0.05, 0) is 12.1 Å². The lowest BCUT2D eigenvalue weighted by molar-refractivity contribution is -0.140. The summed E-state index contributed by atoms with van der Waals surface area (Å²) in [5.74, 6) is -1.32. The first-order chi connectivity index (χ1) is 8.53. The monoisotopic (exact) mass is 267 g/mol. The second kappa shape index (κ2) is 3.55. The van der Waals surface area contributed by atoms with Crippen molar-refractivity contribution in [1.82, 2.24) is 4.31 Å². The summed E-state index contributed by atoms with van der Waals surface area (Å²) >= 11 is 0. The van der Waals surface area contributed by atoms with Crippen LogP contribution in [-0.2, 0) is 19.6 Å². The average Bonchev–Trinajstić information content (AvgIpc) is 2.82. The van der Waals surface area contributed by atoms with Gasteiger partial charge in [0, 0.05) is 6.42 Å². The number of fused-ring (bicyclic) bond motifs is 1. The SMILES string of the molecule is O=C1OCC[C@@H]1N1C(=O)c2ccccc2S1(=O)=O. The molecule has 0 aromatic heterocycles. The number of rotatable bonds is 1. The Bertz CT molecular complexity index is 651. The number of nitrogens with zero attached hydrogens (tertiary/aromatic N) is 1. The Labute approximate surface area is 103 Å². The smallest absolute Gasteiger partial charge is 0.330 e. The molecule has 0 spiro atoms. The summed E-state index contributed by atoms with van der Waals surface area (Å²) in [5.41, 5.74) is 0.109. The van der Waals surface area contributed by atoms with Crippen LogP contribution in [0, 0.1) is 0 Å². The van der Waals surface area contributed by atoms with Gasteiger partial charge in [-0.25, -0.2) is 17.5 Å². The number of benzene rings is 1. The molecule has 1 aromatic rings. The van der Waals surface area contributed by atoms with Crippen LogP contribution >= 0.6 is 0 Å². The number of cyclic esters (lactones) is 1. The second-order valence-electron chi connectivity index (χ2n) is 4.07. The number of hydrogen-bond donors (Lipinski definition) is 0. The van der Waals surface area contributed by atoms with Crippen molar-refractivity contribution in [2.75, 3.05) is 6.61 Å². The third kappa shape index (κ3) is 1.30.